The summed E-state index contributed by atoms with van der Waals surface area (Å²) in [5.74, 6) is 0.568. The van der Waals surface area contributed by atoms with Crippen LogP contribution in [-0.4, -0.2) is 30.5 Å². The van der Waals surface area contributed by atoms with Gasteiger partial charge in [0.15, 0.2) is 0 Å². The number of methoxy groups -OCH3 is 1. The van der Waals surface area contributed by atoms with Crippen molar-refractivity contribution < 1.29 is 9.84 Å². The third-order valence-electron chi connectivity index (χ3n) is 2.96. The van der Waals surface area contributed by atoms with Crippen molar-refractivity contribution in [3.05, 3.63) is 0 Å². The minimum absolute atomic E-state index is 0.0690. The van der Waals surface area contributed by atoms with E-state index in [0.717, 1.165) is 19.3 Å². The molecule has 0 aromatic carbocycles. The van der Waals surface area contributed by atoms with Crippen molar-refractivity contribution in [2.75, 3.05) is 13.7 Å². The maximum absolute atomic E-state index is 9.07. The lowest BCUT2D eigenvalue weighted by molar-refractivity contribution is -0.00999. The van der Waals surface area contributed by atoms with E-state index in [9.17, 15) is 0 Å². The van der Waals surface area contributed by atoms with Crippen molar-refractivity contribution in [2.45, 2.75) is 37.8 Å². The fourth-order valence-corrected chi connectivity index (χ4v) is 1.86. The lowest BCUT2D eigenvalue weighted by atomic mass is 9.76. The summed E-state index contributed by atoms with van der Waals surface area (Å²) >= 11 is 0. The maximum Gasteiger partial charge on any atom is 0.0615 e. The van der Waals surface area contributed by atoms with Gasteiger partial charge in [-0.05, 0) is 25.2 Å². The smallest absolute Gasteiger partial charge is 0.0615 e. The molecule has 1 fully saturated rings. The monoisotopic (exact) mass is 173 g/mol. The molecule has 1 rings (SSSR count). The predicted octanol–water partition coefficient (Wildman–Crippen LogP) is 0.511. The van der Waals surface area contributed by atoms with E-state index in [4.69, 9.17) is 15.6 Å². The van der Waals surface area contributed by atoms with Crippen LogP contribution in [0.15, 0.2) is 0 Å². The number of hydrogen-bond donors (Lipinski definition) is 2. The third-order valence-corrected chi connectivity index (χ3v) is 2.96. The topological polar surface area (TPSA) is 55.5 Å². The number of aliphatic hydroxyl groups excluding tert-OH is 1. The summed E-state index contributed by atoms with van der Waals surface area (Å²) in [4.78, 5) is 0. The molecule has 0 amide bonds. The highest BCUT2D eigenvalue weighted by molar-refractivity contribution is 4.93. The van der Waals surface area contributed by atoms with Gasteiger partial charge in [-0.15, -0.1) is 0 Å². The van der Waals surface area contributed by atoms with Gasteiger partial charge in [0.1, 0.15) is 0 Å². The summed E-state index contributed by atoms with van der Waals surface area (Å²) in [7, 11) is 1.71. The molecule has 0 bridgehead atoms. The van der Waals surface area contributed by atoms with Crippen LogP contribution in [0.3, 0.4) is 0 Å². The second kappa shape index (κ2) is 3.73. The van der Waals surface area contributed by atoms with Crippen LogP contribution in [0, 0.1) is 5.92 Å². The maximum atomic E-state index is 9.07. The Hall–Kier alpha value is -0.120. The van der Waals surface area contributed by atoms with Gasteiger partial charge < -0.3 is 15.6 Å². The Morgan fingerprint density at radius 1 is 1.67 bits per heavy atom. The molecule has 72 valence electrons. The normalized spacial score (nSPS) is 43.0. The first kappa shape index (κ1) is 9.96. The van der Waals surface area contributed by atoms with Crippen LogP contribution in [0.1, 0.15) is 26.2 Å². The molecule has 0 heterocycles. The van der Waals surface area contributed by atoms with E-state index in [0.29, 0.717) is 5.92 Å². The first-order valence-corrected chi connectivity index (χ1v) is 4.54. The molecule has 1 aliphatic carbocycles. The first-order chi connectivity index (χ1) is 5.61. The van der Waals surface area contributed by atoms with Crippen molar-refractivity contribution in [1.82, 2.24) is 0 Å². The molecule has 1 saturated carbocycles. The second-order valence-electron chi connectivity index (χ2n) is 4.01. The van der Waals surface area contributed by atoms with Gasteiger partial charge in [-0.1, -0.05) is 6.92 Å². The summed E-state index contributed by atoms with van der Waals surface area (Å²) in [6.45, 7) is 2.24. The Kier molecular flexibility index (Phi) is 3.09. The average molecular weight is 173 g/mol. The minimum Gasteiger partial charge on any atom is -0.394 e. The molecule has 3 heteroatoms. The summed E-state index contributed by atoms with van der Waals surface area (Å²) in [6.07, 6.45) is 2.96. The summed E-state index contributed by atoms with van der Waals surface area (Å²) in [6, 6.07) is 0. The zero-order valence-electron chi connectivity index (χ0n) is 7.92. The van der Waals surface area contributed by atoms with Gasteiger partial charge in [0, 0.05) is 12.6 Å². The molecule has 3 nitrogen and oxygen atoms in total. The molecule has 1 aliphatic rings. The Labute approximate surface area is 73.9 Å². The summed E-state index contributed by atoms with van der Waals surface area (Å²) in [5, 5.41) is 9.07. The standard InChI is InChI=1S/C9H19NO2/c1-7-3-4-9(10,6-11)5-8(7)12-2/h7-8,11H,3-6,10H2,1-2H3. The van der Waals surface area contributed by atoms with Gasteiger partial charge in [0.25, 0.3) is 0 Å². The molecule has 0 spiro atoms. The van der Waals surface area contributed by atoms with Crippen molar-refractivity contribution in [2.24, 2.45) is 11.7 Å². The van der Waals surface area contributed by atoms with Crippen LogP contribution < -0.4 is 5.73 Å². The van der Waals surface area contributed by atoms with Crippen LogP contribution in [0.4, 0.5) is 0 Å². The SMILES string of the molecule is COC1CC(N)(CO)CCC1C. The molecule has 0 aromatic rings. The van der Waals surface area contributed by atoms with Gasteiger partial charge in [-0.3, -0.25) is 0 Å². The first-order valence-electron chi connectivity index (χ1n) is 4.54. The fraction of sp³-hybridized carbons (Fsp3) is 1.00. The summed E-state index contributed by atoms with van der Waals surface area (Å²) in [5.41, 5.74) is 5.56. The lowest BCUT2D eigenvalue weighted by Crippen LogP contribution is -2.51. The molecule has 0 aromatic heterocycles. The third kappa shape index (κ3) is 1.97. The van der Waals surface area contributed by atoms with Gasteiger partial charge in [0.2, 0.25) is 0 Å². The van der Waals surface area contributed by atoms with Crippen molar-refractivity contribution in [1.29, 1.82) is 0 Å². The van der Waals surface area contributed by atoms with Gasteiger partial charge in [-0.25, -0.2) is 0 Å². The molecule has 3 atom stereocenters. The van der Waals surface area contributed by atoms with Crippen LogP contribution in [0.5, 0.6) is 0 Å². The Balaban J connectivity index is 2.55. The molecule has 0 radical (unpaired) electrons. The molecule has 12 heavy (non-hydrogen) atoms. The van der Waals surface area contributed by atoms with E-state index < -0.39 is 5.54 Å². The average Bonchev–Trinajstić information content (AvgIpc) is 2.10. The van der Waals surface area contributed by atoms with Gasteiger partial charge >= 0.3 is 0 Å². The number of nitrogens with two attached hydrogens (primary N) is 1. The lowest BCUT2D eigenvalue weighted by Gasteiger charge is -2.39. The van der Waals surface area contributed by atoms with Crippen LogP contribution in [0.2, 0.25) is 0 Å². The van der Waals surface area contributed by atoms with Crippen molar-refractivity contribution >= 4 is 0 Å². The molecule has 3 unspecified atom stereocenters. The van der Waals surface area contributed by atoms with Crippen molar-refractivity contribution in [3.63, 3.8) is 0 Å². The molecular weight excluding hydrogens is 154 g/mol. The summed E-state index contributed by atoms with van der Waals surface area (Å²) < 4.78 is 5.31. The number of rotatable bonds is 2. The fourth-order valence-electron chi connectivity index (χ4n) is 1.86. The van der Waals surface area contributed by atoms with Crippen molar-refractivity contribution in [3.8, 4) is 0 Å². The Morgan fingerprint density at radius 2 is 2.33 bits per heavy atom. The van der Waals surface area contributed by atoms with Gasteiger partial charge in [-0.2, -0.15) is 0 Å². The highest BCUT2D eigenvalue weighted by Crippen LogP contribution is 2.31. The van der Waals surface area contributed by atoms with E-state index in [1.54, 1.807) is 7.11 Å². The molecular formula is C9H19NO2. The highest BCUT2D eigenvalue weighted by atomic mass is 16.5. The molecule has 0 aliphatic heterocycles. The van der Waals surface area contributed by atoms with Crippen LogP contribution in [0.25, 0.3) is 0 Å². The van der Waals surface area contributed by atoms with Crippen LogP contribution >= 0.6 is 0 Å². The van der Waals surface area contributed by atoms with E-state index in [2.05, 4.69) is 6.92 Å². The molecule has 3 N–H and O–H groups in total. The van der Waals surface area contributed by atoms with E-state index in [1.165, 1.54) is 0 Å². The number of ether oxygens (including phenoxy) is 1. The number of aliphatic hydroxyl groups is 1. The number of hydrogen-bond acceptors (Lipinski definition) is 3. The largest absolute Gasteiger partial charge is 0.394 e. The minimum atomic E-state index is -0.396. The predicted molar refractivity (Wildman–Crippen MR) is 47.8 cm³/mol. The zero-order chi connectivity index (χ0) is 9.19. The van der Waals surface area contributed by atoms with E-state index in [1.807, 2.05) is 0 Å². The van der Waals surface area contributed by atoms with E-state index >= 15 is 0 Å². The quantitative estimate of drug-likeness (QED) is 0.639. The van der Waals surface area contributed by atoms with Gasteiger partial charge in [0.05, 0.1) is 12.7 Å². The van der Waals surface area contributed by atoms with Crippen LogP contribution in [-0.2, 0) is 4.74 Å². The Bertz CT molecular complexity index is 151. The molecule has 0 saturated heterocycles. The highest BCUT2D eigenvalue weighted by Gasteiger charge is 2.35. The zero-order valence-corrected chi connectivity index (χ0v) is 7.92. The van der Waals surface area contributed by atoms with E-state index in [-0.39, 0.29) is 12.7 Å². The Morgan fingerprint density at radius 3 is 2.83 bits per heavy atom. The second-order valence-corrected chi connectivity index (χ2v) is 4.01.